The Morgan fingerprint density at radius 1 is 1.27 bits per heavy atom. The van der Waals surface area contributed by atoms with Gasteiger partial charge in [0.2, 0.25) is 0 Å². The van der Waals surface area contributed by atoms with E-state index >= 15 is 0 Å². The lowest BCUT2D eigenvalue weighted by Crippen LogP contribution is -2.41. The average Bonchev–Trinajstić information content (AvgIpc) is 2.98. The lowest BCUT2D eigenvalue weighted by atomic mass is 10.2. The number of halogens is 3. The predicted octanol–water partition coefficient (Wildman–Crippen LogP) is 3.23. The number of sulfone groups is 1. The largest absolute Gasteiger partial charge is 0.467 e. The molecule has 164 valence electrons. The van der Waals surface area contributed by atoms with Crippen molar-refractivity contribution in [3.8, 4) is 4.90 Å². The number of rotatable bonds is 5. The first-order valence-corrected chi connectivity index (χ1v) is 11.5. The molecule has 0 saturated heterocycles. The number of benzene rings is 1. The molecule has 0 aliphatic rings. The molecule has 13 heteroatoms. The Balaban J connectivity index is 2.44. The van der Waals surface area contributed by atoms with Crippen LogP contribution >= 0.6 is 10.5 Å². The lowest BCUT2D eigenvalue weighted by Gasteiger charge is -2.12. The fraction of sp³-hybridized carbons (Fsp3) is 0.353. The van der Waals surface area contributed by atoms with Crippen LogP contribution in [0.25, 0.3) is 4.90 Å². The summed E-state index contributed by atoms with van der Waals surface area (Å²) >= 11 is 0. The van der Waals surface area contributed by atoms with Crippen molar-refractivity contribution in [2.24, 2.45) is 0 Å². The van der Waals surface area contributed by atoms with Crippen LogP contribution in [-0.4, -0.2) is 44.8 Å². The highest BCUT2D eigenvalue weighted by atomic mass is 32.2. The highest BCUT2D eigenvalue weighted by Crippen LogP contribution is 2.43. The topological polar surface area (TPSA) is 114 Å². The number of alkyl halides is 3. The SMILES string of the molecule is COC(=O)[C@H](C)NC(=O)Nc1nc(C)c[s+]1-c1ccc(S(C)(=O)=O)c(C(F)(F)F)c1. The van der Waals surface area contributed by atoms with Crippen molar-refractivity contribution in [2.75, 3.05) is 18.7 Å². The van der Waals surface area contributed by atoms with Gasteiger partial charge in [0.25, 0.3) is 0 Å². The summed E-state index contributed by atoms with van der Waals surface area (Å²) in [4.78, 5) is 27.0. The van der Waals surface area contributed by atoms with Crippen molar-refractivity contribution in [3.05, 3.63) is 34.8 Å². The van der Waals surface area contributed by atoms with Gasteiger partial charge in [-0.3, -0.25) is 0 Å². The first-order chi connectivity index (χ1) is 13.7. The zero-order chi connectivity index (χ0) is 22.9. The maximum absolute atomic E-state index is 13.5. The number of carbonyl (C=O) groups excluding carboxylic acids is 2. The van der Waals surface area contributed by atoms with Crippen molar-refractivity contribution in [1.82, 2.24) is 10.3 Å². The van der Waals surface area contributed by atoms with E-state index in [0.29, 0.717) is 11.9 Å². The van der Waals surface area contributed by atoms with Gasteiger partial charge >= 0.3 is 23.3 Å². The monoisotopic (exact) mass is 466 g/mol. The Bertz CT molecular complexity index is 1080. The molecule has 0 radical (unpaired) electrons. The van der Waals surface area contributed by atoms with Crippen LogP contribution in [-0.2, 0) is 25.5 Å². The molecule has 1 aromatic heterocycles. The third-order valence-electron chi connectivity index (χ3n) is 3.81. The molecule has 8 nitrogen and oxygen atoms in total. The van der Waals surface area contributed by atoms with E-state index in [-0.39, 0.29) is 10.0 Å². The van der Waals surface area contributed by atoms with Gasteiger partial charge in [-0.2, -0.15) is 18.2 Å². The maximum Gasteiger partial charge on any atom is 0.417 e. The van der Waals surface area contributed by atoms with Gasteiger partial charge in [-0.05, 0) is 26.0 Å². The zero-order valence-corrected chi connectivity index (χ0v) is 18.0. The summed E-state index contributed by atoms with van der Waals surface area (Å²) in [5.74, 6) is -0.682. The van der Waals surface area contributed by atoms with E-state index < -0.39 is 55.0 Å². The highest BCUT2D eigenvalue weighted by Gasteiger charge is 2.38. The number of amides is 2. The fourth-order valence-electron chi connectivity index (χ4n) is 2.48. The number of carbonyl (C=O) groups is 2. The Labute approximate surface area is 173 Å². The van der Waals surface area contributed by atoms with Crippen LogP contribution in [0.3, 0.4) is 0 Å². The maximum atomic E-state index is 13.5. The smallest absolute Gasteiger partial charge is 0.417 e. The number of hydrogen-bond acceptors (Lipinski definition) is 6. The molecule has 2 N–H and O–H groups in total. The quantitative estimate of drug-likeness (QED) is 0.517. The van der Waals surface area contributed by atoms with Gasteiger partial charge in [0.15, 0.2) is 20.1 Å². The molecule has 2 atom stereocenters. The van der Waals surface area contributed by atoms with Gasteiger partial charge in [-0.1, -0.05) is 0 Å². The molecular weight excluding hydrogens is 447 g/mol. The summed E-state index contributed by atoms with van der Waals surface area (Å²) in [6.45, 7) is 2.99. The van der Waals surface area contributed by atoms with E-state index in [0.717, 1.165) is 19.2 Å². The summed E-state index contributed by atoms with van der Waals surface area (Å²) in [6, 6.07) is 1.12. The van der Waals surface area contributed by atoms with E-state index in [2.05, 4.69) is 20.4 Å². The van der Waals surface area contributed by atoms with Gasteiger partial charge in [-0.15, -0.1) is 0 Å². The summed E-state index contributed by atoms with van der Waals surface area (Å²) in [7, 11) is -4.14. The highest BCUT2D eigenvalue weighted by molar-refractivity contribution is 7.90. The van der Waals surface area contributed by atoms with Crippen molar-refractivity contribution >= 4 is 37.4 Å². The van der Waals surface area contributed by atoms with Crippen molar-refractivity contribution in [2.45, 2.75) is 31.0 Å². The first-order valence-electron chi connectivity index (χ1n) is 8.31. The third-order valence-corrected chi connectivity index (χ3v) is 6.91. The van der Waals surface area contributed by atoms with Crippen LogP contribution in [0, 0.1) is 6.92 Å². The van der Waals surface area contributed by atoms with Crippen molar-refractivity contribution in [3.63, 3.8) is 0 Å². The number of nitrogens with zero attached hydrogens (tertiary/aromatic N) is 1. The molecular formula is C17H19F3N3O5S2+. The minimum Gasteiger partial charge on any atom is -0.467 e. The predicted molar refractivity (Wildman–Crippen MR) is 105 cm³/mol. The van der Waals surface area contributed by atoms with E-state index in [1.54, 1.807) is 12.3 Å². The summed E-state index contributed by atoms with van der Waals surface area (Å²) in [5, 5.41) is 6.36. The molecule has 2 amide bonds. The molecule has 1 aromatic carbocycles. The number of esters is 1. The molecule has 0 saturated carbocycles. The molecule has 0 fully saturated rings. The van der Waals surface area contributed by atoms with Gasteiger partial charge in [0.1, 0.15) is 6.04 Å². The number of ether oxygens (including phenoxy) is 1. The minimum absolute atomic E-state index is 0.0577. The summed E-state index contributed by atoms with van der Waals surface area (Å²) in [5.41, 5.74) is -0.841. The van der Waals surface area contributed by atoms with Crippen LogP contribution in [0.1, 0.15) is 18.2 Å². The first kappa shape index (κ1) is 23.6. The van der Waals surface area contributed by atoms with E-state index in [4.69, 9.17) is 0 Å². The van der Waals surface area contributed by atoms with E-state index in [9.17, 15) is 31.2 Å². The molecule has 0 aliphatic carbocycles. The molecule has 0 aliphatic heterocycles. The molecule has 1 heterocycles. The Morgan fingerprint density at radius 2 is 1.90 bits per heavy atom. The van der Waals surface area contributed by atoms with E-state index in [1.165, 1.54) is 13.0 Å². The average molecular weight is 466 g/mol. The molecule has 0 spiro atoms. The second-order valence-corrected chi connectivity index (χ2v) is 10.0. The van der Waals surface area contributed by atoms with Gasteiger partial charge in [0, 0.05) is 12.3 Å². The standard InChI is InChI=1S/C17H18F3N3O5S2/c1-9-8-29(16(21-9)23-15(25)22-10(2)14(24)28-3)11-5-6-13(30(4,26)27)12(7-11)17(18,19)20/h5-8,10H,1-4H3,(H-,21,22,23,25)/p+1/t10-,29?/m0/s1. The van der Waals surface area contributed by atoms with E-state index in [1.807, 2.05) is 0 Å². The molecule has 0 bridgehead atoms. The Hall–Kier alpha value is -2.67. The second kappa shape index (κ2) is 8.60. The van der Waals surface area contributed by atoms with Crippen LogP contribution in [0.2, 0.25) is 0 Å². The Morgan fingerprint density at radius 3 is 2.43 bits per heavy atom. The number of aryl methyl sites for hydroxylation is 1. The number of aromatic nitrogens is 1. The fourth-order valence-corrected chi connectivity index (χ4v) is 5.14. The van der Waals surface area contributed by atoms with Crippen LogP contribution in [0.15, 0.2) is 28.5 Å². The lowest BCUT2D eigenvalue weighted by molar-refractivity contribution is -0.142. The van der Waals surface area contributed by atoms with Gasteiger partial charge < -0.3 is 10.1 Å². The minimum atomic E-state index is -4.89. The van der Waals surface area contributed by atoms with Crippen LogP contribution < -0.4 is 10.6 Å². The molecule has 1 unspecified atom stereocenters. The summed E-state index contributed by atoms with van der Waals surface area (Å²) < 4.78 is 68.3. The van der Waals surface area contributed by atoms with Gasteiger partial charge in [-0.25, -0.2) is 23.3 Å². The van der Waals surface area contributed by atoms with Crippen LogP contribution in [0.4, 0.5) is 23.1 Å². The number of urea groups is 1. The van der Waals surface area contributed by atoms with Crippen molar-refractivity contribution in [1.29, 1.82) is 0 Å². The second-order valence-electron chi connectivity index (χ2n) is 6.29. The summed E-state index contributed by atoms with van der Waals surface area (Å²) in [6.07, 6.45) is -4.20. The molecule has 30 heavy (non-hydrogen) atoms. The number of methoxy groups -OCH3 is 1. The number of thiazole rings is 1. The van der Waals surface area contributed by atoms with Gasteiger partial charge in [0.05, 0.1) is 33.7 Å². The molecule has 2 aromatic rings. The third kappa shape index (κ3) is 5.48. The Kier molecular flexibility index (Phi) is 6.76. The normalized spacial score (nSPS) is 13.5. The zero-order valence-electron chi connectivity index (χ0n) is 16.3. The van der Waals surface area contributed by atoms with Crippen LogP contribution in [0.5, 0.6) is 0 Å². The number of anilines is 1. The number of nitrogens with one attached hydrogen (secondary N) is 2. The van der Waals surface area contributed by atoms with Crippen molar-refractivity contribution < 1.29 is 35.9 Å². The molecule has 2 rings (SSSR count). The number of hydrogen-bond donors (Lipinski definition) is 2.